The van der Waals surface area contributed by atoms with Crippen LogP contribution in [0.3, 0.4) is 0 Å². The molecule has 4 aromatic rings. The summed E-state index contributed by atoms with van der Waals surface area (Å²) in [6, 6.07) is 19.2. The van der Waals surface area contributed by atoms with Crippen LogP contribution in [0.2, 0.25) is 5.02 Å². The van der Waals surface area contributed by atoms with E-state index in [9.17, 15) is 4.79 Å². The highest BCUT2D eigenvalue weighted by Gasteiger charge is 2.13. The van der Waals surface area contributed by atoms with E-state index in [1.54, 1.807) is 0 Å². The van der Waals surface area contributed by atoms with Crippen LogP contribution in [-0.4, -0.2) is 15.7 Å². The van der Waals surface area contributed by atoms with Gasteiger partial charge in [-0.05, 0) is 49.1 Å². The van der Waals surface area contributed by atoms with E-state index in [1.807, 2.05) is 79.3 Å². The molecule has 0 unspecified atom stereocenters. The largest absolute Gasteiger partial charge is 0.322 e. The fourth-order valence-corrected chi connectivity index (χ4v) is 3.89. The number of carbonyl (C=O) groups excluding carboxylic acids is 1. The average Bonchev–Trinajstić information content (AvgIpc) is 2.95. The minimum absolute atomic E-state index is 0.149. The number of hydrogen-bond acceptors (Lipinski definition) is 2. The van der Waals surface area contributed by atoms with E-state index in [-0.39, 0.29) is 5.91 Å². The van der Waals surface area contributed by atoms with Crippen LogP contribution in [0.5, 0.6) is 0 Å². The van der Waals surface area contributed by atoms with Crippen molar-refractivity contribution in [2.45, 2.75) is 20.3 Å². The molecule has 0 atom stereocenters. The van der Waals surface area contributed by atoms with Crippen LogP contribution in [0.15, 0.2) is 60.7 Å². The second-order valence-corrected chi connectivity index (χ2v) is 7.65. The Morgan fingerprint density at radius 3 is 2.38 bits per heavy atom. The van der Waals surface area contributed by atoms with Gasteiger partial charge in [0, 0.05) is 46.4 Å². The predicted octanol–water partition coefficient (Wildman–Crippen LogP) is 5.69. The molecule has 0 aliphatic rings. The van der Waals surface area contributed by atoms with Gasteiger partial charge in [0.1, 0.15) is 0 Å². The molecule has 1 aromatic heterocycles. The number of rotatable bonds is 4. The number of halogens is 1. The molecule has 146 valence electrons. The highest BCUT2D eigenvalue weighted by Crippen LogP contribution is 2.26. The zero-order chi connectivity index (χ0) is 20.5. The summed E-state index contributed by atoms with van der Waals surface area (Å²) in [5, 5.41) is 9.83. The molecule has 29 heavy (non-hydrogen) atoms. The normalized spacial score (nSPS) is 11.0. The molecule has 1 N–H and O–H groups in total. The van der Waals surface area contributed by atoms with Crippen LogP contribution >= 0.6 is 11.6 Å². The summed E-state index contributed by atoms with van der Waals surface area (Å²) in [6.07, 6.45) is 0.821. The smallest absolute Gasteiger partial charge is 0.256 e. The molecule has 5 heteroatoms. The maximum Gasteiger partial charge on any atom is 0.256 e. The van der Waals surface area contributed by atoms with Gasteiger partial charge in [0.05, 0.1) is 5.69 Å². The molecule has 0 bridgehead atoms. The van der Waals surface area contributed by atoms with Gasteiger partial charge >= 0.3 is 0 Å². The summed E-state index contributed by atoms with van der Waals surface area (Å²) < 4.78 is 1.91. The van der Waals surface area contributed by atoms with Gasteiger partial charge in [-0.15, -0.1) is 0 Å². The standard InChI is InChI=1S/C24H22ClN3O/c1-15-22(16(2)28(3)27-15)14-17-10-12-18(13-11-17)26-24(29)21-8-4-7-20-19(21)6-5-9-23(20)25/h4-13H,14H2,1-3H3,(H,26,29). The topological polar surface area (TPSA) is 46.9 Å². The highest BCUT2D eigenvalue weighted by molar-refractivity contribution is 6.36. The van der Waals surface area contributed by atoms with E-state index in [2.05, 4.69) is 17.3 Å². The maximum atomic E-state index is 12.8. The third-order valence-electron chi connectivity index (χ3n) is 5.37. The summed E-state index contributed by atoms with van der Waals surface area (Å²) in [6.45, 7) is 4.12. The van der Waals surface area contributed by atoms with Crippen molar-refractivity contribution in [2.24, 2.45) is 7.05 Å². The second kappa shape index (κ2) is 7.72. The predicted molar refractivity (Wildman–Crippen MR) is 119 cm³/mol. The molecule has 3 aromatic carbocycles. The number of fused-ring (bicyclic) bond motifs is 1. The average molecular weight is 404 g/mol. The van der Waals surface area contributed by atoms with E-state index in [4.69, 9.17) is 11.6 Å². The van der Waals surface area contributed by atoms with Crippen LogP contribution < -0.4 is 5.32 Å². The van der Waals surface area contributed by atoms with Crippen molar-refractivity contribution in [3.8, 4) is 0 Å². The summed E-state index contributed by atoms with van der Waals surface area (Å²) in [5.74, 6) is -0.149. The van der Waals surface area contributed by atoms with Crippen molar-refractivity contribution in [1.82, 2.24) is 9.78 Å². The van der Waals surface area contributed by atoms with Crippen LogP contribution in [-0.2, 0) is 13.5 Å². The number of aromatic nitrogens is 2. The van der Waals surface area contributed by atoms with Crippen molar-refractivity contribution < 1.29 is 4.79 Å². The van der Waals surface area contributed by atoms with Crippen molar-refractivity contribution >= 4 is 34.0 Å². The first-order chi connectivity index (χ1) is 13.9. The molecule has 0 radical (unpaired) electrons. The van der Waals surface area contributed by atoms with Gasteiger partial charge in [0.25, 0.3) is 5.91 Å². The van der Waals surface area contributed by atoms with Crippen molar-refractivity contribution in [3.05, 3.63) is 93.8 Å². The third kappa shape index (κ3) is 3.76. The molecule has 4 nitrogen and oxygen atoms in total. The van der Waals surface area contributed by atoms with E-state index >= 15 is 0 Å². The van der Waals surface area contributed by atoms with Crippen LogP contribution in [0.4, 0.5) is 5.69 Å². The van der Waals surface area contributed by atoms with Crippen molar-refractivity contribution in [3.63, 3.8) is 0 Å². The van der Waals surface area contributed by atoms with E-state index in [1.165, 1.54) is 16.8 Å². The quantitative estimate of drug-likeness (QED) is 0.476. The number of nitrogens with zero attached hydrogens (tertiary/aromatic N) is 2. The van der Waals surface area contributed by atoms with Crippen molar-refractivity contribution in [2.75, 3.05) is 5.32 Å². The Morgan fingerprint density at radius 2 is 1.69 bits per heavy atom. The number of carbonyl (C=O) groups is 1. The van der Waals surface area contributed by atoms with Gasteiger partial charge in [-0.2, -0.15) is 5.10 Å². The Balaban J connectivity index is 1.53. The Kier molecular flexibility index (Phi) is 5.12. The Hall–Kier alpha value is -3.11. The Morgan fingerprint density at radius 1 is 1.00 bits per heavy atom. The van der Waals surface area contributed by atoms with Gasteiger partial charge in [-0.25, -0.2) is 0 Å². The number of aryl methyl sites for hydroxylation is 2. The molecule has 0 saturated carbocycles. The number of nitrogens with one attached hydrogen (secondary N) is 1. The molecule has 1 amide bonds. The van der Waals surface area contributed by atoms with Crippen LogP contribution in [0.1, 0.15) is 32.9 Å². The van der Waals surface area contributed by atoms with Gasteiger partial charge < -0.3 is 5.32 Å². The maximum absolute atomic E-state index is 12.8. The number of hydrogen-bond donors (Lipinski definition) is 1. The van der Waals surface area contributed by atoms with Gasteiger partial charge in [0.2, 0.25) is 0 Å². The SMILES string of the molecule is Cc1nn(C)c(C)c1Cc1ccc(NC(=O)c2cccc3c(Cl)cccc23)cc1. The molecule has 0 aliphatic carbocycles. The molecule has 4 rings (SSSR count). The lowest BCUT2D eigenvalue weighted by Gasteiger charge is -2.10. The first-order valence-corrected chi connectivity index (χ1v) is 9.88. The van der Waals surface area contributed by atoms with E-state index in [0.29, 0.717) is 10.6 Å². The monoisotopic (exact) mass is 403 g/mol. The number of amides is 1. The highest BCUT2D eigenvalue weighted by atomic mass is 35.5. The Labute approximate surface area is 175 Å². The minimum atomic E-state index is -0.149. The van der Waals surface area contributed by atoms with Crippen LogP contribution in [0, 0.1) is 13.8 Å². The fraction of sp³-hybridized carbons (Fsp3) is 0.167. The molecule has 0 spiro atoms. The van der Waals surface area contributed by atoms with Gasteiger partial charge in [-0.1, -0.05) is 48.0 Å². The fourth-order valence-electron chi connectivity index (χ4n) is 3.65. The zero-order valence-electron chi connectivity index (χ0n) is 16.7. The summed E-state index contributed by atoms with van der Waals surface area (Å²) in [5.41, 5.74) is 6.02. The lowest BCUT2D eigenvalue weighted by Crippen LogP contribution is -2.12. The number of anilines is 1. The van der Waals surface area contributed by atoms with E-state index < -0.39 is 0 Å². The summed E-state index contributed by atoms with van der Waals surface area (Å²) in [7, 11) is 1.96. The molecule has 1 heterocycles. The molecule has 0 saturated heterocycles. The third-order valence-corrected chi connectivity index (χ3v) is 5.69. The first-order valence-electron chi connectivity index (χ1n) is 9.50. The molecular weight excluding hydrogens is 382 g/mol. The van der Waals surface area contributed by atoms with Crippen LogP contribution in [0.25, 0.3) is 10.8 Å². The minimum Gasteiger partial charge on any atom is -0.322 e. The molecule has 0 fully saturated rings. The summed E-state index contributed by atoms with van der Waals surface area (Å²) in [4.78, 5) is 12.8. The Bertz CT molecular complexity index is 1210. The zero-order valence-corrected chi connectivity index (χ0v) is 17.4. The van der Waals surface area contributed by atoms with Crippen molar-refractivity contribution in [1.29, 1.82) is 0 Å². The lowest BCUT2D eigenvalue weighted by atomic mass is 10.0. The molecule has 0 aliphatic heterocycles. The summed E-state index contributed by atoms with van der Waals surface area (Å²) >= 11 is 6.26. The van der Waals surface area contributed by atoms with E-state index in [0.717, 1.165) is 28.6 Å². The van der Waals surface area contributed by atoms with Gasteiger partial charge in [0.15, 0.2) is 0 Å². The number of benzene rings is 3. The second-order valence-electron chi connectivity index (χ2n) is 7.24. The lowest BCUT2D eigenvalue weighted by molar-refractivity contribution is 0.102. The van der Waals surface area contributed by atoms with Gasteiger partial charge in [-0.3, -0.25) is 9.48 Å². The molecular formula is C24H22ClN3O. The first kappa shape index (κ1) is 19.2.